The first-order valence-corrected chi connectivity index (χ1v) is 7.55. The van der Waals surface area contributed by atoms with Crippen LogP contribution in [0.25, 0.3) is 0 Å². The van der Waals surface area contributed by atoms with E-state index in [4.69, 9.17) is 9.47 Å². The normalized spacial score (nSPS) is 12.8. The third kappa shape index (κ3) is 4.52. The summed E-state index contributed by atoms with van der Waals surface area (Å²) in [4.78, 5) is 36.0. The van der Waals surface area contributed by atoms with Gasteiger partial charge in [0.05, 0.1) is 0 Å². The Kier molecular flexibility index (Phi) is 5.84. The molecule has 2 aromatic rings. The molecule has 0 heterocycles. The van der Waals surface area contributed by atoms with E-state index in [1.165, 1.54) is 13.8 Å². The van der Waals surface area contributed by atoms with Gasteiger partial charge >= 0.3 is 6.16 Å². The number of Topliss-reactive ketones (excluding diaryl/α,β-unsaturated/α-hetero) is 2. The summed E-state index contributed by atoms with van der Waals surface area (Å²) in [5.74, 6) is -0.677. The van der Waals surface area contributed by atoms with E-state index in [9.17, 15) is 14.4 Å². The fourth-order valence-corrected chi connectivity index (χ4v) is 2.10. The highest BCUT2D eigenvalue weighted by atomic mass is 16.7. The Hall–Kier alpha value is -2.95. The Morgan fingerprint density at radius 2 is 1.00 bits per heavy atom. The van der Waals surface area contributed by atoms with Gasteiger partial charge in [0.2, 0.25) is 11.6 Å². The third-order valence-corrected chi connectivity index (χ3v) is 3.40. The Bertz CT molecular complexity index is 648. The SMILES string of the molecule is CC(OC(=O)OC(C)C(=O)c1ccccc1)C(=O)c1ccccc1. The molecule has 0 radical (unpaired) electrons. The van der Waals surface area contributed by atoms with Gasteiger partial charge in [-0.2, -0.15) is 0 Å². The number of ketones is 2. The Morgan fingerprint density at radius 1 is 0.667 bits per heavy atom. The van der Waals surface area contributed by atoms with Crippen LogP contribution < -0.4 is 0 Å². The molecule has 5 heteroatoms. The van der Waals surface area contributed by atoms with Gasteiger partial charge in [-0.25, -0.2) is 4.79 Å². The lowest BCUT2D eigenvalue weighted by Gasteiger charge is -2.15. The van der Waals surface area contributed by atoms with Gasteiger partial charge in [0.1, 0.15) is 0 Å². The topological polar surface area (TPSA) is 69.7 Å². The van der Waals surface area contributed by atoms with Crippen molar-refractivity contribution in [2.45, 2.75) is 26.1 Å². The Balaban J connectivity index is 1.90. The van der Waals surface area contributed by atoms with Crippen molar-refractivity contribution in [3.8, 4) is 0 Å². The van der Waals surface area contributed by atoms with Crippen molar-refractivity contribution in [2.75, 3.05) is 0 Å². The minimum atomic E-state index is -1.05. The van der Waals surface area contributed by atoms with Gasteiger partial charge in [-0.05, 0) is 13.8 Å². The second kappa shape index (κ2) is 8.06. The highest BCUT2D eigenvalue weighted by molar-refractivity contribution is 6.01. The number of ether oxygens (including phenoxy) is 2. The van der Waals surface area contributed by atoms with E-state index in [1.807, 2.05) is 0 Å². The largest absolute Gasteiger partial charge is 0.509 e. The van der Waals surface area contributed by atoms with E-state index in [0.717, 1.165) is 0 Å². The fraction of sp³-hybridized carbons (Fsp3) is 0.211. The molecule has 0 aliphatic rings. The van der Waals surface area contributed by atoms with Crippen LogP contribution in [-0.4, -0.2) is 29.9 Å². The predicted octanol–water partition coefficient (Wildman–Crippen LogP) is 3.68. The van der Waals surface area contributed by atoms with Crippen molar-refractivity contribution < 1.29 is 23.9 Å². The lowest BCUT2D eigenvalue weighted by atomic mass is 10.1. The highest BCUT2D eigenvalue weighted by Gasteiger charge is 2.24. The van der Waals surface area contributed by atoms with Gasteiger partial charge in [0.25, 0.3) is 0 Å². The van der Waals surface area contributed by atoms with E-state index in [0.29, 0.717) is 11.1 Å². The highest BCUT2D eigenvalue weighted by Crippen LogP contribution is 2.10. The maximum absolute atomic E-state index is 12.1. The molecule has 0 saturated heterocycles. The number of hydrogen-bond donors (Lipinski definition) is 0. The summed E-state index contributed by atoms with van der Waals surface area (Å²) in [6, 6.07) is 17.0. The van der Waals surface area contributed by atoms with Crippen LogP contribution in [0.1, 0.15) is 34.6 Å². The quantitative estimate of drug-likeness (QED) is 0.598. The molecule has 0 spiro atoms. The molecule has 0 fully saturated rings. The van der Waals surface area contributed by atoms with Crippen LogP contribution in [0.2, 0.25) is 0 Å². The second-order valence-corrected chi connectivity index (χ2v) is 5.23. The molecular formula is C19H18O5. The maximum Gasteiger partial charge on any atom is 0.509 e. The van der Waals surface area contributed by atoms with E-state index in [1.54, 1.807) is 60.7 Å². The molecule has 2 aromatic carbocycles. The summed E-state index contributed by atoms with van der Waals surface area (Å²) in [5, 5.41) is 0. The van der Waals surface area contributed by atoms with Gasteiger partial charge < -0.3 is 9.47 Å². The zero-order chi connectivity index (χ0) is 17.5. The molecule has 5 nitrogen and oxygen atoms in total. The Labute approximate surface area is 140 Å². The van der Waals surface area contributed by atoms with Gasteiger partial charge in [-0.3, -0.25) is 9.59 Å². The van der Waals surface area contributed by atoms with Crippen LogP contribution in [0, 0.1) is 0 Å². The van der Waals surface area contributed by atoms with Crippen molar-refractivity contribution in [3.05, 3.63) is 71.8 Å². The number of hydrogen-bond acceptors (Lipinski definition) is 5. The summed E-state index contributed by atoms with van der Waals surface area (Å²) in [7, 11) is 0. The smallest absolute Gasteiger partial charge is 0.423 e. The van der Waals surface area contributed by atoms with Crippen molar-refractivity contribution in [3.63, 3.8) is 0 Å². The maximum atomic E-state index is 12.1. The van der Waals surface area contributed by atoms with Gasteiger partial charge in [-0.1, -0.05) is 60.7 Å². The van der Waals surface area contributed by atoms with Crippen LogP contribution in [0.5, 0.6) is 0 Å². The van der Waals surface area contributed by atoms with Gasteiger partial charge in [-0.15, -0.1) is 0 Å². The molecule has 2 atom stereocenters. The van der Waals surface area contributed by atoms with Crippen LogP contribution in [0.15, 0.2) is 60.7 Å². The molecule has 0 bridgehead atoms. The summed E-state index contributed by atoms with van der Waals surface area (Å²) in [6.07, 6.45) is -3.05. The number of carbonyl (C=O) groups excluding carboxylic acids is 3. The van der Waals surface area contributed by atoms with Crippen LogP contribution in [-0.2, 0) is 9.47 Å². The Morgan fingerprint density at radius 3 is 1.33 bits per heavy atom. The lowest BCUT2D eigenvalue weighted by Crippen LogP contribution is -2.29. The van der Waals surface area contributed by atoms with Crippen molar-refractivity contribution in [2.24, 2.45) is 0 Å². The van der Waals surface area contributed by atoms with Crippen molar-refractivity contribution >= 4 is 17.7 Å². The molecule has 2 rings (SSSR count). The van der Waals surface area contributed by atoms with Gasteiger partial charge in [0.15, 0.2) is 12.2 Å². The molecule has 124 valence electrons. The molecule has 0 aromatic heterocycles. The third-order valence-electron chi connectivity index (χ3n) is 3.40. The van der Waals surface area contributed by atoms with E-state index >= 15 is 0 Å². The minimum Gasteiger partial charge on any atom is -0.423 e. The first-order valence-electron chi connectivity index (χ1n) is 7.55. The summed E-state index contributed by atoms with van der Waals surface area (Å²) in [5.41, 5.74) is 0.873. The zero-order valence-corrected chi connectivity index (χ0v) is 13.5. The summed E-state index contributed by atoms with van der Waals surface area (Å²) >= 11 is 0. The van der Waals surface area contributed by atoms with Crippen LogP contribution >= 0.6 is 0 Å². The molecule has 0 aliphatic carbocycles. The van der Waals surface area contributed by atoms with Crippen molar-refractivity contribution in [1.29, 1.82) is 0 Å². The number of rotatable bonds is 6. The molecule has 0 amide bonds. The molecule has 0 aliphatic heterocycles. The van der Waals surface area contributed by atoms with E-state index in [2.05, 4.69) is 0 Å². The standard InChI is InChI=1S/C19H18O5/c1-13(17(20)15-9-5-3-6-10-15)23-19(22)24-14(2)18(21)16-11-7-4-8-12-16/h3-14H,1-2H3. The van der Waals surface area contributed by atoms with E-state index in [-0.39, 0.29) is 11.6 Å². The predicted molar refractivity (Wildman–Crippen MR) is 88.0 cm³/mol. The van der Waals surface area contributed by atoms with Crippen LogP contribution in [0.3, 0.4) is 0 Å². The summed E-state index contributed by atoms with van der Waals surface area (Å²) < 4.78 is 9.92. The monoisotopic (exact) mass is 326 g/mol. The average molecular weight is 326 g/mol. The average Bonchev–Trinajstić information content (AvgIpc) is 2.61. The number of benzene rings is 2. The minimum absolute atomic E-state index is 0.338. The zero-order valence-electron chi connectivity index (χ0n) is 13.5. The fourth-order valence-electron chi connectivity index (χ4n) is 2.10. The molecule has 0 N–H and O–H groups in total. The molecule has 24 heavy (non-hydrogen) atoms. The molecule has 2 unspecified atom stereocenters. The lowest BCUT2D eigenvalue weighted by molar-refractivity contribution is 0.0108. The summed E-state index contributed by atoms with van der Waals surface area (Å²) in [6.45, 7) is 2.92. The van der Waals surface area contributed by atoms with Crippen molar-refractivity contribution in [1.82, 2.24) is 0 Å². The first kappa shape index (κ1) is 17.4. The van der Waals surface area contributed by atoms with E-state index < -0.39 is 18.4 Å². The first-order chi connectivity index (χ1) is 11.5. The van der Waals surface area contributed by atoms with Crippen LogP contribution in [0.4, 0.5) is 4.79 Å². The van der Waals surface area contributed by atoms with Gasteiger partial charge in [0, 0.05) is 11.1 Å². The number of carbonyl (C=O) groups is 3. The molecular weight excluding hydrogens is 308 g/mol. The molecule has 0 saturated carbocycles. The second-order valence-electron chi connectivity index (χ2n) is 5.23.